The predicted molar refractivity (Wildman–Crippen MR) is 84.2 cm³/mol. The van der Waals surface area contributed by atoms with Crippen molar-refractivity contribution in [2.24, 2.45) is 0 Å². The zero-order chi connectivity index (χ0) is 17.2. The Bertz CT molecular complexity index is 1030. The summed E-state index contributed by atoms with van der Waals surface area (Å²) < 4.78 is 33.6. The van der Waals surface area contributed by atoms with Gasteiger partial charge in [0.1, 0.15) is 11.6 Å². The highest BCUT2D eigenvalue weighted by atomic mass is 19.1. The second-order valence-electron chi connectivity index (χ2n) is 5.33. The van der Waals surface area contributed by atoms with Crippen LogP contribution in [0.4, 0.5) is 8.78 Å². The maximum Gasteiger partial charge on any atom is 0.261 e. The van der Waals surface area contributed by atoms with Gasteiger partial charge in [-0.15, -0.1) is 5.10 Å². The standard InChI is InChI=1S/C17H11F2N5O/c18-12-5-3-4-11(8-12)9-24-10-15(21-23-24)16-20-17(25-22-16)13-6-1-2-7-14(13)19/h1-8,10H,9H2. The van der Waals surface area contributed by atoms with E-state index in [-0.39, 0.29) is 23.1 Å². The van der Waals surface area contributed by atoms with Crippen molar-refractivity contribution in [1.82, 2.24) is 25.1 Å². The molecule has 124 valence electrons. The minimum Gasteiger partial charge on any atom is -0.333 e. The maximum absolute atomic E-state index is 13.8. The van der Waals surface area contributed by atoms with Crippen molar-refractivity contribution >= 4 is 0 Å². The third-order valence-corrected chi connectivity index (χ3v) is 3.53. The summed E-state index contributed by atoms with van der Waals surface area (Å²) in [7, 11) is 0. The number of halogens is 2. The molecule has 2 aromatic carbocycles. The highest BCUT2D eigenvalue weighted by molar-refractivity contribution is 5.57. The summed E-state index contributed by atoms with van der Waals surface area (Å²) in [5.41, 5.74) is 1.34. The molecule has 4 aromatic rings. The largest absolute Gasteiger partial charge is 0.333 e. The van der Waals surface area contributed by atoms with Crippen LogP contribution in [-0.4, -0.2) is 25.1 Å². The van der Waals surface area contributed by atoms with Gasteiger partial charge in [-0.2, -0.15) is 4.98 Å². The molecule has 2 heterocycles. The van der Waals surface area contributed by atoms with Gasteiger partial charge in [0.05, 0.1) is 18.3 Å². The molecular formula is C17H11F2N5O. The van der Waals surface area contributed by atoms with Crippen LogP contribution in [0.2, 0.25) is 0 Å². The maximum atomic E-state index is 13.8. The van der Waals surface area contributed by atoms with Crippen LogP contribution >= 0.6 is 0 Å². The molecule has 0 atom stereocenters. The Balaban J connectivity index is 1.58. The van der Waals surface area contributed by atoms with E-state index >= 15 is 0 Å². The molecule has 8 heteroatoms. The lowest BCUT2D eigenvalue weighted by Crippen LogP contribution is -2.00. The monoisotopic (exact) mass is 339 g/mol. The number of hydrogen-bond acceptors (Lipinski definition) is 5. The Morgan fingerprint density at radius 2 is 1.92 bits per heavy atom. The molecule has 0 aliphatic heterocycles. The number of rotatable bonds is 4. The quantitative estimate of drug-likeness (QED) is 0.570. The molecule has 2 aromatic heterocycles. The molecule has 0 radical (unpaired) electrons. The van der Waals surface area contributed by atoms with Gasteiger partial charge in [0.25, 0.3) is 5.89 Å². The molecule has 0 amide bonds. The highest BCUT2D eigenvalue weighted by Gasteiger charge is 2.16. The van der Waals surface area contributed by atoms with Gasteiger partial charge in [-0.1, -0.05) is 34.6 Å². The molecule has 0 saturated heterocycles. The van der Waals surface area contributed by atoms with Gasteiger partial charge < -0.3 is 4.52 Å². The third-order valence-electron chi connectivity index (χ3n) is 3.53. The third kappa shape index (κ3) is 3.14. The Morgan fingerprint density at radius 3 is 2.76 bits per heavy atom. The Hall–Kier alpha value is -3.42. The van der Waals surface area contributed by atoms with Crippen molar-refractivity contribution < 1.29 is 13.3 Å². The smallest absolute Gasteiger partial charge is 0.261 e. The summed E-state index contributed by atoms with van der Waals surface area (Å²) in [4.78, 5) is 4.15. The minimum absolute atomic E-state index is 0.0628. The van der Waals surface area contributed by atoms with Crippen molar-refractivity contribution in [2.45, 2.75) is 6.54 Å². The lowest BCUT2D eigenvalue weighted by atomic mass is 10.2. The first-order valence-corrected chi connectivity index (χ1v) is 7.42. The molecule has 6 nitrogen and oxygen atoms in total. The SMILES string of the molecule is Fc1cccc(Cn2cc(-c3noc(-c4ccccc4F)n3)nn2)c1. The van der Waals surface area contributed by atoms with E-state index in [1.54, 1.807) is 36.5 Å². The van der Waals surface area contributed by atoms with Gasteiger partial charge >= 0.3 is 0 Å². The molecule has 0 spiro atoms. The minimum atomic E-state index is -0.451. The van der Waals surface area contributed by atoms with E-state index < -0.39 is 5.82 Å². The van der Waals surface area contributed by atoms with Crippen molar-refractivity contribution in [2.75, 3.05) is 0 Å². The summed E-state index contributed by atoms with van der Waals surface area (Å²) in [6.45, 7) is 0.350. The normalized spacial score (nSPS) is 11.0. The van der Waals surface area contributed by atoms with Crippen molar-refractivity contribution in [3.8, 4) is 23.0 Å². The fourth-order valence-corrected chi connectivity index (χ4v) is 2.37. The lowest BCUT2D eigenvalue weighted by Gasteiger charge is -2.00. The van der Waals surface area contributed by atoms with Crippen molar-refractivity contribution in [1.29, 1.82) is 0 Å². The first-order valence-electron chi connectivity index (χ1n) is 7.42. The molecule has 0 unspecified atom stereocenters. The van der Waals surface area contributed by atoms with Gasteiger partial charge in [-0.25, -0.2) is 13.5 Å². The van der Waals surface area contributed by atoms with E-state index in [4.69, 9.17) is 4.52 Å². The second-order valence-corrected chi connectivity index (χ2v) is 5.33. The zero-order valence-electron chi connectivity index (χ0n) is 12.8. The van der Waals surface area contributed by atoms with Crippen LogP contribution in [0, 0.1) is 11.6 Å². The molecule has 25 heavy (non-hydrogen) atoms. The Kier molecular flexibility index (Phi) is 3.77. The summed E-state index contributed by atoms with van der Waals surface area (Å²) in [5.74, 6) is -0.505. The Labute approximate surface area is 140 Å². The van der Waals surface area contributed by atoms with Crippen LogP contribution in [0.5, 0.6) is 0 Å². The van der Waals surface area contributed by atoms with E-state index in [0.717, 1.165) is 5.56 Å². The average molecular weight is 339 g/mol. The fourth-order valence-electron chi connectivity index (χ4n) is 2.37. The van der Waals surface area contributed by atoms with Crippen LogP contribution in [0.3, 0.4) is 0 Å². The zero-order valence-corrected chi connectivity index (χ0v) is 12.8. The molecule has 0 fully saturated rings. The molecular weight excluding hydrogens is 328 g/mol. The number of hydrogen-bond donors (Lipinski definition) is 0. The first kappa shape index (κ1) is 15.1. The van der Waals surface area contributed by atoms with Gasteiger partial charge in [0.15, 0.2) is 5.69 Å². The molecule has 0 N–H and O–H groups in total. The van der Waals surface area contributed by atoms with E-state index in [2.05, 4.69) is 20.5 Å². The summed E-state index contributed by atoms with van der Waals surface area (Å²) in [6.07, 6.45) is 1.61. The number of benzene rings is 2. The van der Waals surface area contributed by atoms with Crippen LogP contribution in [0.25, 0.3) is 23.0 Å². The average Bonchev–Trinajstić information content (AvgIpc) is 3.24. The van der Waals surface area contributed by atoms with Crippen LogP contribution in [0.15, 0.2) is 59.3 Å². The van der Waals surface area contributed by atoms with E-state index in [9.17, 15) is 8.78 Å². The molecule has 0 bridgehead atoms. The number of nitrogens with zero attached hydrogens (tertiary/aromatic N) is 5. The molecule has 4 rings (SSSR count). The van der Waals surface area contributed by atoms with Crippen LogP contribution < -0.4 is 0 Å². The van der Waals surface area contributed by atoms with Crippen molar-refractivity contribution in [3.63, 3.8) is 0 Å². The molecule has 0 saturated carbocycles. The van der Waals surface area contributed by atoms with Gasteiger partial charge in [-0.05, 0) is 29.8 Å². The summed E-state index contributed by atoms with van der Waals surface area (Å²) in [6, 6.07) is 12.3. The number of aromatic nitrogens is 5. The second kappa shape index (κ2) is 6.23. The van der Waals surface area contributed by atoms with Gasteiger partial charge in [0, 0.05) is 0 Å². The van der Waals surface area contributed by atoms with Gasteiger partial charge in [-0.3, -0.25) is 0 Å². The van der Waals surface area contributed by atoms with Crippen molar-refractivity contribution in [3.05, 3.63) is 71.9 Å². The molecule has 0 aliphatic rings. The molecule has 0 aliphatic carbocycles. The van der Waals surface area contributed by atoms with E-state index in [1.807, 2.05) is 0 Å². The van der Waals surface area contributed by atoms with E-state index in [0.29, 0.717) is 12.2 Å². The first-order chi connectivity index (χ1) is 12.2. The van der Waals surface area contributed by atoms with Crippen LogP contribution in [-0.2, 0) is 6.54 Å². The van der Waals surface area contributed by atoms with E-state index in [1.165, 1.54) is 22.9 Å². The topological polar surface area (TPSA) is 69.6 Å². The summed E-state index contributed by atoms with van der Waals surface area (Å²) >= 11 is 0. The lowest BCUT2D eigenvalue weighted by molar-refractivity contribution is 0.429. The predicted octanol–water partition coefficient (Wildman–Crippen LogP) is 3.32. The van der Waals surface area contributed by atoms with Crippen LogP contribution in [0.1, 0.15) is 5.56 Å². The summed E-state index contributed by atoms with van der Waals surface area (Å²) in [5, 5.41) is 11.8. The Morgan fingerprint density at radius 1 is 1.04 bits per heavy atom. The highest BCUT2D eigenvalue weighted by Crippen LogP contribution is 2.23. The fraction of sp³-hybridized carbons (Fsp3) is 0.0588. The van der Waals surface area contributed by atoms with Gasteiger partial charge in [0.2, 0.25) is 5.82 Å².